The monoisotopic (exact) mass is 246 g/mol. The summed E-state index contributed by atoms with van der Waals surface area (Å²) in [4.78, 5) is 11.5. The van der Waals surface area contributed by atoms with Gasteiger partial charge in [0.05, 0.1) is 0 Å². The number of aryl methyl sites for hydroxylation is 2. The summed E-state index contributed by atoms with van der Waals surface area (Å²) in [5.74, 6) is 0.148. The molecule has 1 fully saturated rings. The van der Waals surface area contributed by atoms with Gasteiger partial charge in [0.1, 0.15) is 0 Å². The molecule has 1 aliphatic rings. The normalized spacial score (nSPS) is 24.5. The van der Waals surface area contributed by atoms with Gasteiger partial charge in [-0.2, -0.15) is 0 Å². The van der Waals surface area contributed by atoms with Gasteiger partial charge in [0, 0.05) is 24.9 Å². The predicted molar refractivity (Wildman–Crippen MR) is 73.5 cm³/mol. The van der Waals surface area contributed by atoms with Gasteiger partial charge in [0.15, 0.2) is 0 Å². The largest absolute Gasteiger partial charge is 0.356 e. The fourth-order valence-electron chi connectivity index (χ4n) is 3.00. The van der Waals surface area contributed by atoms with Crippen molar-refractivity contribution in [2.45, 2.75) is 38.5 Å². The Labute approximate surface area is 109 Å². The van der Waals surface area contributed by atoms with Gasteiger partial charge < -0.3 is 11.1 Å². The highest BCUT2D eigenvalue weighted by atomic mass is 16.1. The molecule has 1 atom stereocenters. The lowest BCUT2D eigenvalue weighted by molar-refractivity contribution is -0.120. The Balaban J connectivity index is 2.39. The molecule has 1 unspecified atom stereocenters. The molecular weight excluding hydrogens is 224 g/mol. The zero-order valence-corrected chi connectivity index (χ0v) is 11.3. The number of nitrogens with one attached hydrogen (secondary N) is 1. The average molecular weight is 246 g/mol. The number of carbonyl (C=O) groups is 1. The third-order valence-electron chi connectivity index (χ3n) is 4.10. The van der Waals surface area contributed by atoms with E-state index in [0.717, 1.165) is 19.4 Å². The first-order chi connectivity index (χ1) is 8.57. The van der Waals surface area contributed by atoms with E-state index in [-0.39, 0.29) is 11.3 Å². The lowest BCUT2D eigenvalue weighted by Gasteiger charge is -2.33. The summed E-state index contributed by atoms with van der Waals surface area (Å²) in [6, 6.07) is 6.53. The highest BCUT2D eigenvalue weighted by molar-refractivity contribution is 5.76. The fourth-order valence-corrected chi connectivity index (χ4v) is 3.00. The van der Waals surface area contributed by atoms with Crippen molar-refractivity contribution in [2.75, 3.05) is 13.1 Å². The van der Waals surface area contributed by atoms with Gasteiger partial charge in [-0.1, -0.05) is 23.8 Å². The van der Waals surface area contributed by atoms with Crippen molar-refractivity contribution in [2.24, 2.45) is 5.73 Å². The second-order valence-electron chi connectivity index (χ2n) is 5.40. The van der Waals surface area contributed by atoms with Gasteiger partial charge in [0.2, 0.25) is 5.91 Å². The highest BCUT2D eigenvalue weighted by Gasteiger charge is 2.34. The van der Waals surface area contributed by atoms with Crippen molar-refractivity contribution in [3.8, 4) is 0 Å². The molecule has 18 heavy (non-hydrogen) atoms. The van der Waals surface area contributed by atoms with Crippen LogP contribution in [-0.4, -0.2) is 19.0 Å². The molecule has 1 aromatic carbocycles. The highest BCUT2D eigenvalue weighted by Crippen LogP contribution is 2.35. The van der Waals surface area contributed by atoms with E-state index >= 15 is 0 Å². The molecule has 0 spiro atoms. The molecule has 3 heteroatoms. The van der Waals surface area contributed by atoms with E-state index in [4.69, 9.17) is 5.73 Å². The van der Waals surface area contributed by atoms with Crippen LogP contribution in [0.2, 0.25) is 0 Å². The smallest absolute Gasteiger partial charge is 0.220 e. The minimum atomic E-state index is -0.0447. The van der Waals surface area contributed by atoms with E-state index < -0.39 is 0 Å². The zero-order valence-electron chi connectivity index (χ0n) is 11.3. The van der Waals surface area contributed by atoms with Crippen molar-refractivity contribution in [1.29, 1.82) is 0 Å². The molecule has 1 aromatic rings. The molecule has 3 N–H and O–H groups in total. The quantitative estimate of drug-likeness (QED) is 0.836. The maximum Gasteiger partial charge on any atom is 0.220 e. The molecule has 98 valence electrons. The lowest BCUT2D eigenvalue weighted by Crippen LogP contribution is -2.36. The van der Waals surface area contributed by atoms with E-state index in [1.54, 1.807) is 0 Å². The summed E-state index contributed by atoms with van der Waals surface area (Å²) in [5.41, 5.74) is 9.88. The molecule has 1 aliphatic heterocycles. The first kappa shape index (κ1) is 13.1. The molecule has 1 saturated heterocycles. The molecular formula is C15H22N2O. The summed E-state index contributed by atoms with van der Waals surface area (Å²) >= 11 is 0. The summed E-state index contributed by atoms with van der Waals surface area (Å²) in [6.07, 6.45) is 2.35. The molecule has 2 rings (SSSR count). The van der Waals surface area contributed by atoms with Crippen molar-refractivity contribution < 1.29 is 4.79 Å². The summed E-state index contributed by atoms with van der Waals surface area (Å²) < 4.78 is 0. The Bertz CT molecular complexity index is 456. The van der Waals surface area contributed by atoms with Crippen LogP contribution in [0.4, 0.5) is 0 Å². The minimum absolute atomic E-state index is 0.0447. The Morgan fingerprint density at radius 2 is 2.11 bits per heavy atom. The number of nitrogens with two attached hydrogens (primary N) is 1. The molecule has 0 radical (unpaired) electrons. The van der Waals surface area contributed by atoms with Crippen LogP contribution < -0.4 is 11.1 Å². The number of carbonyl (C=O) groups excluding carboxylic acids is 1. The van der Waals surface area contributed by atoms with Crippen LogP contribution in [0.3, 0.4) is 0 Å². The topological polar surface area (TPSA) is 55.1 Å². The van der Waals surface area contributed by atoms with E-state index in [1.165, 1.54) is 16.7 Å². The Morgan fingerprint density at radius 1 is 1.33 bits per heavy atom. The van der Waals surface area contributed by atoms with E-state index in [1.807, 2.05) is 0 Å². The van der Waals surface area contributed by atoms with Gasteiger partial charge in [0.25, 0.3) is 0 Å². The Kier molecular flexibility index (Phi) is 3.71. The first-order valence-electron chi connectivity index (χ1n) is 6.62. The van der Waals surface area contributed by atoms with Crippen LogP contribution in [0.5, 0.6) is 0 Å². The molecule has 0 bridgehead atoms. The minimum Gasteiger partial charge on any atom is -0.356 e. The fraction of sp³-hybridized carbons (Fsp3) is 0.533. The van der Waals surface area contributed by atoms with Gasteiger partial charge in [-0.3, -0.25) is 4.79 Å². The third-order valence-corrected chi connectivity index (χ3v) is 4.10. The second-order valence-corrected chi connectivity index (χ2v) is 5.40. The van der Waals surface area contributed by atoms with Crippen LogP contribution in [0.15, 0.2) is 18.2 Å². The number of hydrogen-bond donors (Lipinski definition) is 2. The van der Waals surface area contributed by atoms with Crippen molar-refractivity contribution >= 4 is 5.91 Å². The number of rotatable bonds is 2. The number of benzene rings is 1. The number of hydrogen-bond acceptors (Lipinski definition) is 2. The summed E-state index contributed by atoms with van der Waals surface area (Å²) in [5, 5.41) is 2.94. The van der Waals surface area contributed by atoms with Gasteiger partial charge in [-0.15, -0.1) is 0 Å². The third kappa shape index (κ3) is 2.41. The molecule has 0 aromatic heterocycles. The van der Waals surface area contributed by atoms with Crippen molar-refractivity contribution in [1.82, 2.24) is 5.32 Å². The summed E-state index contributed by atoms with van der Waals surface area (Å²) in [7, 11) is 0. The SMILES string of the molecule is Cc1ccc(C2(CN)CCNC(=O)CC2)c(C)c1. The van der Waals surface area contributed by atoms with Gasteiger partial charge in [-0.05, 0) is 37.8 Å². The van der Waals surface area contributed by atoms with Crippen LogP contribution in [0.25, 0.3) is 0 Å². The van der Waals surface area contributed by atoms with E-state index in [0.29, 0.717) is 13.0 Å². The number of amides is 1. The molecule has 0 aliphatic carbocycles. The van der Waals surface area contributed by atoms with E-state index in [9.17, 15) is 4.79 Å². The molecule has 1 amide bonds. The van der Waals surface area contributed by atoms with Gasteiger partial charge >= 0.3 is 0 Å². The zero-order chi connectivity index (χ0) is 13.2. The van der Waals surface area contributed by atoms with Crippen LogP contribution in [0, 0.1) is 13.8 Å². The maximum atomic E-state index is 11.5. The molecule has 0 saturated carbocycles. The lowest BCUT2D eigenvalue weighted by atomic mass is 9.72. The predicted octanol–water partition coefficient (Wildman–Crippen LogP) is 1.80. The van der Waals surface area contributed by atoms with Crippen LogP contribution in [-0.2, 0) is 10.2 Å². The average Bonchev–Trinajstić information content (AvgIpc) is 2.52. The maximum absolute atomic E-state index is 11.5. The van der Waals surface area contributed by atoms with Crippen molar-refractivity contribution in [3.63, 3.8) is 0 Å². The first-order valence-corrected chi connectivity index (χ1v) is 6.62. The van der Waals surface area contributed by atoms with Crippen LogP contribution >= 0.6 is 0 Å². The van der Waals surface area contributed by atoms with Gasteiger partial charge in [-0.25, -0.2) is 0 Å². The standard InChI is InChI=1S/C15H22N2O/c1-11-3-4-13(12(2)9-11)15(10-16)6-5-14(18)17-8-7-15/h3-4,9H,5-8,10,16H2,1-2H3,(H,17,18). The van der Waals surface area contributed by atoms with Crippen LogP contribution in [0.1, 0.15) is 36.0 Å². The Hall–Kier alpha value is -1.35. The van der Waals surface area contributed by atoms with Crippen molar-refractivity contribution in [3.05, 3.63) is 34.9 Å². The Morgan fingerprint density at radius 3 is 2.78 bits per heavy atom. The summed E-state index contributed by atoms with van der Waals surface area (Å²) in [6.45, 7) is 5.57. The molecule has 3 nitrogen and oxygen atoms in total. The van der Waals surface area contributed by atoms with E-state index in [2.05, 4.69) is 37.4 Å². The molecule has 1 heterocycles. The second kappa shape index (κ2) is 5.11.